The van der Waals surface area contributed by atoms with Crippen LogP contribution in [0.3, 0.4) is 0 Å². The summed E-state index contributed by atoms with van der Waals surface area (Å²) in [7, 11) is -0.291. The normalized spacial score (nSPS) is 12.7. The Balaban J connectivity index is 1.66. The van der Waals surface area contributed by atoms with Gasteiger partial charge in [0.05, 0.1) is 26.5 Å². The van der Waals surface area contributed by atoms with Crippen LogP contribution in [0.2, 0.25) is 18.1 Å². The fraction of sp³-hybridized carbons (Fsp3) is 0.379. The number of nitrogens with one attached hydrogen (secondary N) is 2. The predicted molar refractivity (Wildman–Crippen MR) is 162 cm³/mol. The largest absolute Gasteiger partial charge is 0.497 e. The summed E-state index contributed by atoms with van der Waals surface area (Å²) in [5.74, 6) is 2.59. The minimum absolute atomic E-state index is 0.0345. The van der Waals surface area contributed by atoms with Crippen molar-refractivity contribution in [2.24, 2.45) is 0 Å². The molecule has 1 amide bonds. The molecule has 1 atom stereocenters. The van der Waals surface area contributed by atoms with E-state index in [-0.39, 0.29) is 16.9 Å². The molecule has 12 heteroatoms. The third-order valence-corrected chi connectivity index (χ3v) is 11.7. The molecule has 0 bridgehead atoms. The van der Waals surface area contributed by atoms with Crippen LogP contribution in [0, 0.1) is 0 Å². The Morgan fingerprint density at radius 3 is 2.39 bits per heavy atom. The van der Waals surface area contributed by atoms with Gasteiger partial charge in [-0.15, -0.1) is 0 Å². The van der Waals surface area contributed by atoms with Crippen LogP contribution >= 0.6 is 0 Å². The van der Waals surface area contributed by atoms with E-state index in [1.807, 2.05) is 28.9 Å². The Kier molecular flexibility index (Phi) is 8.83. The van der Waals surface area contributed by atoms with Crippen LogP contribution < -0.4 is 20.1 Å². The summed E-state index contributed by atoms with van der Waals surface area (Å²) < 4.78 is 19.8. The van der Waals surface area contributed by atoms with Crippen molar-refractivity contribution >= 4 is 37.1 Å². The number of pyridine rings is 2. The summed E-state index contributed by atoms with van der Waals surface area (Å²) >= 11 is 0. The summed E-state index contributed by atoms with van der Waals surface area (Å²) in [6, 6.07) is 12.7. The molecule has 1 aromatic carbocycles. The van der Waals surface area contributed by atoms with E-state index in [0.29, 0.717) is 41.5 Å². The number of benzene rings is 1. The number of rotatable bonds is 11. The molecule has 3 N–H and O–H groups in total. The van der Waals surface area contributed by atoms with Crippen molar-refractivity contribution < 1.29 is 23.8 Å². The van der Waals surface area contributed by atoms with E-state index in [0.717, 1.165) is 11.3 Å². The van der Waals surface area contributed by atoms with Crippen LogP contribution in [0.25, 0.3) is 11.0 Å². The number of hydrogen-bond acceptors (Lipinski definition) is 8. The molecule has 0 radical (unpaired) electrons. The highest BCUT2D eigenvalue weighted by molar-refractivity contribution is 6.74. The van der Waals surface area contributed by atoms with Crippen LogP contribution in [-0.4, -0.2) is 59.0 Å². The topological polar surface area (TPSA) is 133 Å². The minimum atomic E-state index is -1.93. The number of amides is 1. The monoisotopic (exact) mass is 578 g/mol. The van der Waals surface area contributed by atoms with E-state index in [9.17, 15) is 4.79 Å². The lowest BCUT2D eigenvalue weighted by molar-refractivity contribution is 0.209. The molecule has 0 aliphatic carbocycles. The summed E-state index contributed by atoms with van der Waals surface area (Å²) in [4.78, 5) is 19.7. The molecule has 3 aromatic heterocycles. The zero-order valence-corrected chi connectivity index (χ0v) is 25.6. The van der Waals surface area contributed by atoms with Crippen LogP contribution in [0.15, 0.2) is 54.9 Å². The molecule has 0 saturated carbocycles. The number of hydrogen-bond donors (Lipinski definition) is 3. The number of carboxylic acid groups (broad SMARTS) is 1. The standard InChI is InChI=1S/C29H38N6O5Si/c1-19(18-39-41(6,7)29(2,3)4)32-26-25-23(40-22-12-13-24(31-16-22)33-28(36)37)14-15-30-27(25)35(34-26)17-20-8-10-21(38-5)11-9-20/h8-16,19H,17-18H2,1-7H3,(H,31,33)(H,32,34)(H,36,37). The van der Waals surface area contributed by atoms with Gasteiger partial charge in [-0.05, 0) is 54.9 Å². The van der Waals surface area contributed by atoms with Gasteiger partial charge in [0.15, 0.2) is 19.8 Å². The summed E-state index contributed by atoms with van der Waals surface area (Å²) in [5, 5.41) is 20.4. The average Bonchev–Trinajstić information content (AvgIpc) is 3.25. The molecule has 0 aliphatic heterocycles. The maximum Gasteiger partial charge on any atom is 0.410 e. The Hall–Kier alpha value is -4.16. The van der Waals surface area contributed by atoms with E-state index in [4.69, 9.17) is 24.1 Å². The lowest BCUT2D eigenvalue weighted by Gasteiger charge is -2.37. The first-order valence-corrected chi connectivity index (χ1v) is 16.3. The Morgan fingerprint density at radius 2 is 1.78 bits per heavy atom. The Labute approximate surface area is 241 Å². The van der Waals surface area contributed by atoms with Crippen molar-refractivity contribution in [3.63, 3.8) is 0 Å². The highest BCUT2D eigenvalue weighted by Crippen LogP contribution is 2.37. The van der Waals surface area contributed by atoms with Crippen molar-refractivity contribution in [3.8, 4) is 17.2 Å². The zero-order valence-electron chi connectivity index (χ0n) is 24.6. The van der Waals surface area contributed by atoms with E-state index in [2.05, 4.69) is 61.4 Å². The van der Waals surface area contributed by atoms with Crippen molar-refractivity contribution in [3.05, 3.63) is 60.4 Å². The van der Waals surface area contributed by atoms with Gasteiger partial charge >= 0.3 is 6.09 Å². The fourth-order valence-electron chi connectivity index (χ4n) is 3.85. The zero-order chi connectivity index (χ0) is 29.8. The first-order valence-electron chi connectivity index (χ1n) is 13.4. The highest BCUT2D eigenvalue weighted by Gasteiger charge is 2.37. The number of aromatic nitrogens is 4. The number of ether oxygens (including phenoxy) is 2. The first kappa shape index (κ1) is 29.8. The van der Waals surface area contributed by atoms with Crippen molar-refractivity contribution in [2.75, 3.05) is 24.4 Å². The number of nitrogens with zero attached hydrogens (tertiary/aromatic N) is 4. The van der Waals surface area contributed by atoms with Gasteiger partial charge in [-0.3, -0.25) is 5.32 Å². The predicted octanol–water partition coefficient (Wildman–Crippen LogP) is 6.59. The van der Waals surface area contributed by atoms with E-state index >= 15 is 0 Å². The number of fused-ring (bicyclic) bond motifs is 1. The maximum absolute atomic E-state index is 10.9. The number of carbonyl (C=O) groups is 1. The summed E-state index contributed by atoms with van der Waals surface area (Å²) in [6.45, 7) is 14.2. The van der Waals surface area contributed by atoms with Gasteiger partial charge in [0.2, 0.25) is 0 Å². The van der Waals surface area contributed by atoms with Gasteiger partial charge in [-0.2, -0.15) is 5.10 Å². The third-order valence-electron chi connectivity index (χ3n) is 7.17. The molecular weight excluding hydrogens is 540 g/mol. The minimum Gasteiger partial charge on any atom is -0.497 e. The molecule has 1 unspecified atom stereocenters. The second-order valence-corrected chi connectivity index (χ2v) is 16.2. The van der Waals surface area contributed by atoms with Crippen LogP contribution in [-0.2, 0) is 11.0 Å². The number of anilines is 2. The van der Waals surface area contributed by atoms with Gasteiger partial charge in [0.25, 0.3) is 0 Å². The van der Waals surface area contributed by atoms with Crippen molar-refractivity contribution in [1.82, 2.24) is 19.7 Å². The molecule has 4 aromatic rings. The third kappa shape index (κ3) is 7.33. The highest BCUT2D eigenvalue weighted by atomic mass is 28.4. The smallest absolute Gasteiger partial charge is 0.410 e. The van der Waals surface area contributed by atoms with Gasteiger partial charge < -0.3 is 24.3 Å². The van der Waals surface area contributed by atoms with Gasteiger partial charge in [-0.25, -0.2) is 19.4 Å². The molecule has 3 heterocycles. The summed E-state index contributed by atoms with van der Waals surface area (Å²) in [5.41, 5.74) is 1.69. The second kappa shape index (κ2) is 12.1. The maximum atomic E-state index is 10.9. The van der Waals surface area contributed by atoms with Crippen LogP contribution in [0.4, 0.5) is 16.4 Å². The molecule has 4 rings (SSSR count). The van der Waals surface area contributed by atoms with Crippen LogP contribution in [0.5, 0.6) is 17.2 Å². The van der Waals surface area contributed by atoms with Crippen molar-refractivity contribution in [2.45, 2.75) is 58.4 Å². The second-order valence-electron chi connectivity index (χ2n) is 11.4. The van der Waals surface area contributed by atoms with E-state index < -0.39 is 14.4 Å². The first-order chi connectivity index (χ1) is 19.4. The quantitative estimate of drug-likeness (QED) is 0.169. The molecular formula is C29H38N6O5Si. The molecule has 0 fully saturated rings. The summed E-state index contributed by atoms with van der Waals surface area (Å²) in [6.07, 6.45) is 1.95. The Morgan fingerprint density at radius 1 is 1.07 bits per heavy atom. The molecule has 0 saturated heterocycles. The molecule has 11 nitrogen and oxygen atoms in total. The fourth-order valence-corrected chi connectivity index (χ4v) is 4.95. The average molecular weight is 579 g/mol. The number of methoxy groups -OCH3 is 1. The molecule has 0 spiro atoms. The van der Waals surface area contributed by atoms with Crippen molar-refractivity contribution in [1.29, 1.82) is 0 Å². The van der Waals surface area contributed by atoms with E-state index in [1.54, 1.807) is 25.4 Å². The lowest BCUT2D eigenvalue weighted by Crippen LogP contribution is -2.43. The van der Waals surface area contributed by atoms with Crippen LogP contribution in [0.1, 0.15) is 33.3 Å². The van der Waals surface area contributed by atoms with Gasteiger partial charge in [0, 0.05) is 18.3 Å². The SMILES string of the molecule is COc1ccc(Cn2nc(NC(C)CO[Si](C)(C)C(C)(C)C)c3c(Oc4ccc(NC(=O)O)nc4)ccnc32)cc1. The molecule has 41 heavy (non-hydrogen) atoms. The lowest BCUT2D eigenvalue weighted by atomic mass is 10.2. The molecule has 218 valence electrons. The van der Waals surface area contributed by atoms with Gasteiger partial charge in [-0.1, -0.05) is 32.9 Å². The van der Waals surface area contributed by atoms with E-state index in [1.165, 1.54) is 12.3 Å². The van der Waals surface area contributed by atoms with Gasteiger partial charge in [0.1, 0.15) is 28.5 Å². The molecule has 0 aliphatic rings. The Bertz CT molecular complexity index is 1480.